The van der Waals surface area contributed by atoms with E-state index in [1.165, 1.54) is 5.39 Å². The molecule has 0 spiro atoms. The first-order chi connectivity index (χ1) is 19.7. The second-order valence-electron chi connectivity index (χ2n) is 11.4. The lowest BCUT2D eigenvalue weighted by Crippen LogP contribution is -2.46. The molecule has 42 heavy (non-hydrogen) atoms. The number of carbonyl (C=O) groups excluding carboxylic acids is 1. The molecule has 0 aromatic carbocycles. The van der Waals surface area contributed by atoms with Crippen LogP contribution >= 0.6 is 0 Å². The van der Waals surface area contributed by atoms with E-state index < -0.39 is 17.7 Å². The number of halogens is 3. The Morgan fingerprint density at radius 1 is 0.905 bits per heavy atom. The zero-order valence-corrected chi connectivity index (χ0v) is 23.6. The summed E-state index contributed by atoms with van der Waals surface area (Å²) in [7, 11) is 0. The van der Waals surface area contributed by atoms with Gasteiger partial charge in [0, 0.05) is 59.7 Å². The lowest BCUT2D eigenvalue weighted by Gasteiger charge is -2.37. The van der Waals surface area contributed by atoms with Crippen LogP contribution in [0.5, 0.6) is 0 Å². The summed E-state index contributed by atoms with van der Waals surface area (Å²) in [5, 5.41) is 12.4. The quantitative estimate of drug-likeness (QED) is 0.283. The zero-order chi connectivity index (χ0) is 30.7. The van der Waals surface area contributed by atoms with E-state index >= 15 is 0 Å². The van der Waals surface area contributed by atoms with E-state index in [4.69, 9.17) is 20.4 Å². The molecule has 4 N–H and O–H groups in total. The fourth-order valence-corrected chi connectivity index (χ4v) is 4.83. The smallest absolute Gasteiger partial charge is 0.475 e. The van der Waals surface area contributed by atoms with Gasteiger partial charge in [0.1, 0.15) is 16.9 Å². The van der Waals surface area contributed by atoms with Crippen molar-refractivity contribution < 1.29 is 32.6 Å². The summed E-state index contributed by atoms with van der Waals surface area (Å²) < 4.78 is 41.5. The number of fused-ring (bicyclic) bond motifs is 2. The van der Waals surface area contributed by atoms with Crippen LogP contribution in [0.1, 0.15) is 58.5 Å². The number of alkyl carbamates (subject to hydrolysis) is 1. The fraction of sp³-hybridized carbons (Fsp3) is 0.448. The molecule has 0 radical (unpaired) electrons. The first-order valence-corrected chi connectivity index (χ1v) is 13.6. The normalized spacial score (nSPS) is 21.6. The van der Waals surface area contributed by atoms with Gasteiger partial charge in [0.15, 0.2) is 0 Å². The summed E-state index contributed by atoms with van der Waals surface area (Å²) in [6.45, 7) is 5.61. The van der Waals surface area contributed by atoms with Crippen LogP contribution in [0, 0.1) is 0 Å². The molecule has 4 aromatic rings. The molecular formula is C29H35F3N6O4. The van der Waals surface area contributed by atoms with Gasteiger partial charge in [-0.05, 0) is 82.9 Å². The molecule has 0 unspecified atom stereocenters. The Labute approximate surface area is 240 Å². The van der Waals surface area contributed by atoms with Crippen LogP contribution in [0.3, 0.4) is 0 Å². The standard InChI is InChI=1S/C16H21N3O2.C11H13N3.C2HF3O2/c1-16(2,3)21-15(20)18-12-9-13(10-12)19-8-6-11-5-4-7-17-14(11)19;12-9-6-10(7-9)14-5-3-8-2-1-4-13-11(8)14;3-2(4,5)1(6)7/h4-8,12-13H,9-10H2,1-3H3,(H,18,20);1-5,9-10H,6-7,12H2;(H,6,7). The van der Waals surface area contributed by atoms with Gasteiger partial charge in [-0.2, -0.15) is 13.2 Å². The maximum Gasteiger partial charge on any atom is 0.490 e. The third-order valence-electron chi connectivity index (χ3n) is 6.97. The third kappa shape index (κ3) is 7.78. The Kier molecular flexibility index (Phi) is 9.09. The maximum atomic E-state index is 11.7. The molecular weight excluding hydrogens is 553 g/mol. The van der Waals surface area contributed by atoms with Crippen molar-refractivity contribution in [1.29, 1.82) is 0 Å². The number of nitrogens with zero attached hydrogens (tertiary/aromatic N) is 4. The monoisotopic (exact) mass is 588 g/mol. The number of hydrogen-bond acceptors (Lipinski definition) is 6. The van der Waals surface area contributed by atoms with E-state index in [-0.39, 0.29) is 12.1 Å². The van der Waals surface area contributed by atoms with Gasteiger partial charge in [-0.1, -0.05) is 0 Å². The van der Waals surface area contributed by atoms with Crippen molar-refractivity contribution in [2.45, 2.75) is 82.4 Å². The second-order valence-corrected chi connectivity index (χ2v) is 11.4. The fourth-order valence-electron chi connectivity index (χ4n) is 4.83. The summed E-state index contributed by atoms with van der Waals surface area (Å²) in [6.07, 6.45) is 6.44. The highest BCUT2D eigenvalue weighted by Crippen LogP contribution is 2.35. The number of aromatic nitrogens is 4. The molecule has 226 valence electrons. The van der Waals surface area contributed by atoms with Gasteiger partial charge < -0.3 is 30.0 Å². The van der Waals surface area contributed by atoms with E-state index in [0.717, 1.165) is 42.4 Å². The first kappa shape index (κ1) is 30.8. The minimum absolute atomic E-state index is 0.186. The lowest BCUT2D eigenvalue weighted by molar-refractivity contribution is -0.192. The van der Waals surface area contributed by atoms with Crippen molar-refractivity contribution in [3.05, 3.63) is 61.2 Å². The van der Waals surface area contributed by atoms with Gasteiger partial charge in [0.25, 0.3) is 0 Å². The largest absolute Gasteiger partial charge is 0.490 e. The highest BCUT2D eigenvalue weighted by Gasteiger charge is 2.38. The summed E-state index contributed by atoms with van der Waals surface area (Å²) in [5.74, 6) is -2.76. The minimum Gasteiger partial charge on any atom is -0.475 e. The average molecular weight is 589 g/mol. The summed E-state index contributed by atoms with van der Waals surface area (Å²) in [6, 6.07) is 13.8. The molecule has 0 bridgehead atoms. The molecule has 0 atom stereocenters. The van der Waals surface area contributed by atoms with Gasteiger partial charge in [-0.25, -0.2) is 19.6 Å². The molecule has 2 saturated carbocycles. The molecule has 6 rings (SSSR count). The summed E-state index contributed by atoms with van der Waals surface area (Å²) >= 11 is 0. The summed E-state index contributed by atoms with van der Waals surface area (Å²) in [4.78, 5) is 29.4. The van der Waals surface area contributed by atoms with Crippen LogP contribution in [0.2, 0.25) is 0 Å². The topological polar surface area (TPSA) is 137 Å². The molecule has 2 aliphatic carbocycles. The van der Waals surface area contributed by atoms with E-state index in [9.17, 15) is 18.0 Å². The van der Waals surface area contributed by atoms with Crippen molar-refractivity contribution >= 4 is 34.1 Å². The van der Waals surface area contributed by atoms with Crippen molar-refractivity contribution in [3.63, 3.8) is 0 Å². The Balaban J connectivity index is 0.000000165. The van der Waals surface area contributed by atoms with E-state index in [1.807, 2.05) is 45.3 Å². The van der Waals surface area contributed by atoms with Crippen molar-refractivity contribution in [3.8, 4) is 0 Å². The van der Waals surface area contributed by atoms with Crippen molar-refractivity contribution in [1.82, 2.24) is 24.4 Å². The number of carboxylic acid groups (broad SMARTS) is 1. The van der Waals surface area contributed by atoms with E-state index in [1.54, 1.807) is 0 Å². The predicted octanol–water partition coefficient (Wildman–Crippen LogP) is 5.60. The minimum atomic E-state index is -5.08. The Hall–Kier alpha value is -4.13. The Morgan fingerprint density at radius 2 is 1.36 bits per heavy atom. The van der Waals surface area contributed by atoms with Crippen molar-refractivity contribution in [2.75, 3.05) is 0 Å². The van der Waals surface area contributed by atoms with Crippen LogP contribution in [0.4, 0.5) is 18.0 Å². The van der Waals surface area contributed by atoms with Crippen molar-refractivity contribution in [2.24, 2.45) is 5.73 Å². The number of carbonyl (C=O) groups is 2. The molecule has 0 saturated heterocycles. The van der Waals surface area contributed by atoms with Crippen LogP contribution in [0.25, 0.3) is 22.1 Å². The zero-order valence-electron chi connectivity index (χ0n) is 23.6. The molecule has 4 aromatic heterocycles. The third-order valence-corrected chi connectivity index (χ3v) is 6.97. The van der Waals surface area contributed by atoms with E-state index in [2.05, 4.69) is 61.1 Å². The number of amides is 1. The first-order valence-electron chi connectivity index (χ1n) is 13.6. The number of rotatable bonds is 3. The van der Waals surface area contributed by atoms with Gasteiger partial charge in [-0.3, -0.25) is 0 Å². The summed E-state index contributed by atoms with van der Waals surface area (Å²) in [5.41, 5.74) is 7.43. The van der Waals surface area contributed by atoms with Gasteiger partial charge >= 0.3 is 18.2 Å². The molecule has 1 amide bonds. The molecule has 2 aliphatic rings. The number of ether oxygens (including phenoxy) is 1. The van der Waals surface area contributed by atoms with Gasteiger partial charge in [0.2, 0.25) is 0 Å². The average Bonchev–Trinajstić information content (AvgIpc) is 3.48. The highest BCUT2D eigenvalue weighted by atomic mass is 19.4. The SMILES string of the molecule is CC(C)(C)OC(=O)NC1CC(n2ccc3cccnc32)C1.NC1CC(n2ccc3cccnc32)C1.O=C(O)C(F)(F)F. The van der Waals surface area contributed by atoms with Crippen LogP contribution in [-0.4, -0.2) is 60.1 Å². The van der Waals surface area contributed by atoms with Gasteiger partial charge in [0.05, 0.1) is 0 Å². The van der Waals surface area contributed by atoms with E-state index in [0.29, 0.717) is 18.1 Å². The maximum absolute atomic E-state index is 11.7. The Bertz CT molecular complexity index is 1510. The number of carboxylic acids is 1. The molecule has 0 aliphatic heterocycles. The van der Waals surface area contributed by atoms with Crippen LogP contribution < -0.4 is 11.1 Å². The van der Waals surface area contributed by atoms with Crippen LogP contribution in [0.15, 0.2) is 61.2 Å². The predicted molar refractivity (Wildman–Crippen MR) is 151 cm³/mol. The Morgan fingerprint density at radius 3 is 1.76 bits per heavy atom. The molecule has 2 fully saturated rings. The number of pyridine rings is 2. The number of nitrogens with two attached hydrogens (primary N) is 1. The lowest BCUT2D eigenvalue weighted by atomic mass is 9.86. The highest BCUT2D eigenvalue weighted by molar-refractivity contribution is 5.76. The molecule has 10 nitrogen and oxygen atoms in total. The molecule has 4 heterocycles. The number of aliphatic carboxylic acids is 1. The number of hydrogen-bond donors (Lipinski definition) is 3. The van der Waals surface area contributed by atoms with Crippen LogP contribution in [-0.2, 0) is 9.53 Å². The molecule has 13 heteroatoms. The number of nitrogens with one attached hydrogen (secondary N) is 1. The number of alkyl halides is 3. The van der Waals surface area contributed by atoms with Gasteiger partial charge in [-0.15, -0.1) is 0 Å². The second kappa shape index (κ2) is 12.4.